The average molecular weight is 197 g/mol. The van der Waals surface area contributed by atoms with Crippen LogP contribution in [0.25, 0.3) is 0 Å². The van der Waals surface area contributed by atoms with Crippen molar-refractivity contribution in [2.75, 3.05) is 25.6 Å². The fourth-order valence-corrected chi connectivity index (χ4v) is 0.862. The zero-order valence-corrected chi connectivity index (χ0v) is 8.27. The van der Waals surface area contributed by atoms with Gasteiger partial charge in [0.2, 0.25) is 0 Å². The molecule has 1 rings (SSSR count). The van der Waals surface area contributed by atoms with Crippen LogP contribution < -0.4 is 10.5 Å². The Labute approximate surface area is 83.3 Å². The Kier molecular flexibility index (Phi) is 4.71. The van der Waals surface area contributed by atoms with Crippen LogP contribution >= 0.6 is 0 Å². The van der Waals surface area contributed by atoms with E-state index in [1.165, 1.54) is 0 Å². The lowest BCUT2D eigenvalue weighted by molar-refractivity contribution is 0.0973. The third kappa shape index (κ3) is 4.04. The lowest BCUT2D eigenvalue weighted by atomic mass is 10.5. The molecule has 0 atom stereocenters. The van der Waals surface area contributed by atoms with Crippen molar-refractivity contribution in [1.29, 1.82) is 0 Å². The minimum atomic E-state index is 0.296. The first-order valence-corrected chi connectivity index (χ1v) is 4.62. The van der Waals surface area contributed by atoms with Gasteiger partial charge in [-0.25, -0.2) is 4.98 Å². The molecule has 0 aliphatic carbocycles. The molecule has 1 aromatic heterocycles. The summed E-state index contributed by atoms with van der Waals surface area (Å²) >= 11 is 0. The van der Waals surface area contributed by atoms with Crippen LogP contribution in [-0.2, 0) is 4.74 Å². The lowest BCUT2D eigenvalue weighted by Crippen LogP contribution is -2.09. The van der Waals surface area contributed by atoms with Crippen LogP contribution in [0.5, 0.6) is 6.01 Å². The van der Waals surface area contributed by atoms with E-state index >= 15 is 0 Å². The Bertz CT molecular complexity index is 268. The van der Waals surface area contributed by atoms with Crippen molar-refractivity contribution < 1.29 is 9.47 Å². The zero-order valence-electron chi connectivity index (χ0n) is 8.27. The molecule has 0 spiro atoms. The van der Waals surface area contributed by atoms with E-state index in [1.807, 2.05) is 0 Å². The van der Waals surface area contributed by atoms with Crippen LogP contribution in [0.1, 0.15) is 13.3 Å². The van der Waals surface area contributed by atoms with E-state index in [0.29, 0.717) is 25.0 Å². The number of aromatic nitrogens is 2. The molecule has 0 saturated heterocycles. The first kappa shape index (κ1) is 10.7. The first-order chi connectivity index (χ1) is 6.83. The molecular weight excluding hydrogens is 182 g/mol. The monoisotopic (exact) mass is 197 g/mol. The number of rotatable bonds is 6. The number of ether oxygens (including phenoxy) is 2. The quantitative estimate of drug-likeness (QED) is 0.685. The Morgan fingerprint density at radius 1 is 1.36 bits per heavy atom. The van der Waals surface area contributed by atoms with Crippen molar-refractivity contribution in [2.45, 2.75) is 13.3 Å². The van der Waals surface area contributed by atoms with Gasteiger partial charge >= 0.3 is 6.01 Å². The van der Waals surface area contributed by atoms with Crippen LogP contribution in [0.4, 0.5) is 5.82 Å². The molecule has 0 bridgehead atoms. The maximum Gasteiger partial charge on any atom is 0.318 e. The Balaban J connectivity index is 2.18. The van der Waals surface area contributed by atoms with Crippen molar-refractivity contribution >= 4 is 5.82 Å². The summed E-state index contributed by atoms with van der Waals surface area (Å²) in [5.74, 6) is 0.407. The second-order valence-electron chi connectivity index (χ2n) is 2.72. The van der Waals surface area contributed by atoms with Crippen molar-refractivity contribution in [1.82, 2.24) is 9.97 Å². The van der Waals surface area contributed by atoms with Crippen molar-refractivity contribution in [3.63, 3.8) is 0 Å². The highest BCUT2D eigenvalue weighted by Crippen LogP contribution is 2.03. The molecule has 0 unspecified atom stereocenters. The maximum absolute atomic E-state index is 5.45. The summed E-state index contributed by atoms with van der Waals surface area (Å²) in [4.78, 5) is 7.77. The predicted molar refractivity (Wildman–Crippen MR) is 53.0 cm³/mol. The van der Waals surface area contributed by atoms with Gasteiger partial charge in [-0.2, -0.15) is 4.98 Å². The van der Waals surface area contributed by atoms with Gasteiger partial charge in [0.1, 0.15) is 12.4 Å². The summed E-state index contributed by atoms with van der Waals surface area (Å²) in [6.07, 6.45) is 2.57. The second kappa shape index (κ2) is 6.15. The van der Waals surface area contributed by atoms with Gasteiger partial charge in [0.05, 0.1) is 6.61 Å². The number of hydrogen-bond acceptors (Lipinski definition) is 5. The molecular formula is C9H15N3O2. The highest BCUT2D eigenvalue weighted by atomic mass is 16.5. The normalized spacial score (nSPS) is 10.1. The van der Waals surface area contributed by atoms with Gasteiger partial charge in [-0.3, -0.25) is 0 Å². The Hall–Kier alpha value is -1.36. The van der Waals surface area contributed by atoms with Crippen molar-refractivity contribution in [3.8, 4) is 6.01 Å². The van der Waals surface area contributed by atoms with Gasteiger partial charge in [-0.15, -0.1) is 0 Å². The topological polar surface area (TPSA) is 70.3 Å². The molecule has 5 nitrogen and oxygen atoms in total. The second-order valence-corrected chi connectivity index (χ2v) is 2.72. The van der Waals surface area contributed by atoms with Gasteiger partial charge in [-0.1, -0.05) is 6.92 Å². The van der Waals surface area contributed by atoms with Gasteiger partial charge in [-0.05, 0) is 12.5 Å². The number of anilines is 1. The molecule has 1 heterocycles. The molecule has 1 aromatic rings. The van der Waals surface area contributed by atoms with Crippen LogP contribution in [0, 0.1) is 0 Å². The minimum absolute atomic E-state index is 0.296. The molecule has 78 valence electrons. The smallest absolute Gasteiger partial charge is 0.318 e. The number of nitrogen functional groups attached to an aromatic ring is 1. The summed E-state index contributed by atoms with van der Waals surface area (Å²) in [5, 5.41) is 0. The first-order valence-electron chi connectivity index (χ1n) is 4.62. The fourth-order valence-electron chi connectivity index (χ4n) is 0.862. The Morgan fingerprint density at radius 3 is 2.93 bits per heavy atom. The average Bonchev–Trinajstić information content (AvgIpc) is 2.18. The maximum atomic E-state index is 5.45. The van der Waals surface area contributed by atoms with Gasteiger partial charge in [0.25, 0.3) is 0 Å². The van der Waals surface area contributed by atoms with E-state index in [2.05, 4.69) is 16.9 Å². The molecule has 0 amide bonds. The molecule has 0 aliphatic rings. The molecule has 0 radical (unpaired) electrons. The number of nitrogens with two attached hydrogens (primary N) is 1. The highest BCUT2D eigenvalue weighted by molar-refractivity contribution is 5.26. The van der Waals surface area contributed by atoms with Crippen LogP contribution in [-0.4, -0.2) is 29.8 Å². The van der Waals surface area contributed by atoms with E-state index in [1.54, 1.807) is 12.3 Å². The molecule has 5 heteroatoms. The standard InChI is InChI=1S/C9H15N3O2/c1-2-5-13-6-7-14-9-11-4-3-8(10)12-9/h3-4H,2,5-7H2,1H3,(H2,10,11,12). The highest BCUT2D eigenvalue weighted by Gasteiger charge is 1.96. The fraction of sp³-hybridized carbons (Fsp3) is 0.556. The van der Waals surface area contributed by atoms with E-state index in [-0.39, 0.29) is 0 Å². The lowest BCUT2D eigenvalue weighted by Gasteiger charge is -2.04. The van der Waals surface area contributed by atoms with Crippen LogP contribution in [0.3, 0.4) is 0 Å². The van der Waals surface area contributed by atoms with Crippen molar-refractivity contribution in [3.05, 3.63) is 12.3 Å². The summed E-state index contributed by atoms with van der Waals surface area (Å²) in [5.41, 5.74) is 5.45. The zero-order chi connectivity index (χ0) is 10.2. The minimum Gasteiger partial charge on any atom is -0.461 e. The van der Waals surface area contributed by atoms with Gasteiger partial charge < -0.3 is 15.2 Å². The number of nitrogens with zero attached hydrogens (tertiary/aromatic N) is 2. The molecule has 0 aromatic carbocycles. The molecule has 2 N–H and O–H groups in total. The largest absolute Gasteiger partial charge is 0.461 e. The molecule has 0 saturated carbocycles. The summed E-state index contributed by atoms with van der Waals surface area (Å²) < 4.78 is 10.4. The van der Waals surface area contributed by atoms with E-state index in [9.17, 15) is 0 Å². The molecule has 0 aliphatic heterocycles. The van der Waals surface area contributed by atoms with E-state index in [4.69, 9.17) is 15.2 Å². The molecule has 0 fully saturated rings. The SMILES string of the molecule is CCCOCCOc1nccc(N)n1. The van der Waals surface area contributed by atoms with E-state index in [0.717, 1.165) is 13.0 Å². The van der Waals surface area contributed by atoms with Crippen LogP contribution in [0.2, 0.25) is 0 Å². The van der Waals surface area contributed by atoms with Crippen molar-refractivity contribution in [2.24, 2.45) is 0 Å². The predicted octanol–water partition coefficient (Wildman–Crippen LogP) is 0.864. The Morgan fingerprint density at radius 2 is 2.21 bits per heavy atom. The summed E-state index contributed by atoms with van der Waals surface area (Å²) in [7, 11) is 0. The van der Waals surface area contributed by atoms with Gasteiger partial charge in [0.15, 0.2) is 0 Å². The molecule has 14 heavy (non-hydrogen) atoms. The van der Waals surface area contributed by atoms with Crippen LogP contribution in [0.15, 0.2) is 12.3 Å². The van der Waals surface area contributed by atoms with E-state index < -0.39 is 0 Å². The third-order valence-corrected chi connectivity index (χ3v) is 1.46. The summed E-state index contributed by atoms with van der Waals surface area (Å²) in [6.45, 7) is 3.80. The third-order valence-electron chi connectivity index (χ3n) is 1.46. The van der Waals surface area contributed by atoms with Gasteiger partial charge in [0, 0.05) is 12.8 Å². The number of hydrogen-bond donors (Lipinski definition) is 1. The summed E-state index contributed by atoms with van der Waals surface area (Å²) in [6, 6.07) is 1.91.